The van der Waals surface area contributed by atoms with Gasteiger partial charge in [0.2, 0.25) is 0 Å². The molecule has 0 saturated heterocycles. The van der Waals surface area contributed by atoms with Crippen molar-refractivity contribution >= 4 is 46.8 Å². The Morgan fingerprint density at radius 3 is 2.41 bits per heavy atom. The molecule has 1 aromatic heterocycles. The van der Waals surface area contributed by atoms with E-state index in [0.717, 1.165) is 29.3 Å². The Morgan fingerprint density at radius 2 is 1.79 bits per heavy atom. The number of nitrogens with one attached hydrogen (secondary N) is 2. The van der Waals surface area contributed by atoms with Gasteiger partial charge in [-0.2, -0.15) is 0 Å². The zero-order valence-corrected chi connectivity index (χ0v) is 26.2. The van der Waals surface area contributed by atoms with Crippen LogP contribution in [0.2, 0.25) is 10.0 Å². The molecule has 0 radical (unpaired) electrons. The van der Waals surface area contributed by atoms with Gasteiger partial charge in [-0.25, -0.2) is 4.98 Å². The largest absolute Gasteiger partial charge is 0.460 e. The maximum absolute atomic E-state index is 13.7. The minimum Gasteiger partial charge on any atom is -0.460 e. The van der Waals surface area contributed by atoms with Crippen LogP contribution >= 0.6 is 35.0 Å². The van der Waals surface area contributed by atoms with Gasteiger partial charge in [-0.3, -0.25) is 4.79 Å². The van der Waals surface area contributed by atoms with Gasteiger partial charge in [0, 0.05) is 34.3 Å². The molecule has 0 aliphatic heterocycles. The number of hydrogen-bond donors (Lipinski definition) is 3. The third-order valence-electron chi connectivity index (χ3n) is 6.35. The lowest BCUT2D eigenvalue weighted by Crippen LogP contribution is -2.42. The molecule has 0 bridgehead atoms. The van der Waals surface area contributed by atoms with Crippen molar-refractivity contribution in [1.82, 2.24) is 10.3 Å². The second-order valence-electron chi connectivity index (χ2n) is 12.2. The van der Waals surface area contributed by atoms with Crippen LogP contribution < -0.4 is 16.4 Å². The van der Waals surface area contributed by atoms with E-state index in [-0.39, 0.29) is 11.5 Å². The Bertz CT molecular complexity index is 1170. The highest BCUT2D eigenvalue weighted by Gasteiger charge is 2.45. The van der Waals surface area contributed by atoms with Gasteiger partial charge in [-0.05, 0) is 97.6 Å². The number of rotatable bonds is 9. The lowest BCUT2D eigenvalue weighted by Gasteiger charge is -2.39. The number of halogens is 2. The van der Waals surface area contributed by atoms with E-state index in [1.165, 1.54) is 0 Å². The van der Waals surface area contributed by atoms with Crippen LogP contribution in [0.5, 0.6) is 0 Å². The SMILES string of the molecule is CC(C)(C)N/C(=C\CN)Nc1cccc(CC2(C(=O)OC(C)(C)C)CCC(Sc3cccc(Cl)c3Cl)CC2)n1. The quantitative estimate of drug-likeness (QED) is 0.258. The van der Waals surface area contributed by atoms with E-state index in [0.29, 0.717) is 46.9 Å². The van der Waals surface area contributed by atoms with Crippen LogP contribution in [0.4, 0.5) is 5.82 Å². The Hall–Kier alpha value is -1.93. The summed E-state index contributed by atoms with van der Waals surface area (Å²) in [5.41, 5.74) is 5.28. The van der Waals surface area contributed by atoms with Crippen molar-refractivity contribution in [3.05, 3.63) is 64.0 Å². The number of thioether (sulfide) groups is 1. The predicted molar refractivity (Wildman–Crippen MR) is 164 cm³/mol. The molecule has 1 saturated carbocycles. The fourth-order valence-electron chi connectivity index (χ4n) is 4.64. The number of nitrogens with two attached hydrogens (primary N) is 1. The number of esters is 1. The smallest absolute Gasteiger partial charge is 0.312 e. The number of aromatic nitrogens is 1. The minimum absolute atomic E-state index is 0.141. The normalized spacial score (nSPS) is 20.4. The second-order valence-corrected chi connectivity index (χ2v) is 14.3. The molecule has 1 heterocycles. The lowest BCUT2D eigenvalue weighted by molar-refractivity contribution is -0.170. The van der Waals surface area contributed by atoms with E-state index in [4.69, 9.17) is 38.7 Å². The molecule has 1 aliphatic rings. The van der Waals surface area contributed by atoms with Crippen LogP contribution in [0.3, 0.4) is 0 Å². The molecule has 0 unspecified atom stereocenters. The molecule has 214 valence electrons. The summed E-state index contributed by atoms with van der Waals surface area (Å²) < 4.78 is 5.96. The number of carbonyl (C=O) groups excluding carboxylic acids is 1. The van der Waals surface area contributed by atoms with Gasteiger partial charge >= 0.3 is 5.97 Å². The standard InChI is InChI=1S/C30H42Cl2N4O2S/c1-28(2,3)36-25(15-18-33)35-24-12-7-9-20(34-24)19-30(27(37)38-29(4,5)6)16-13-21(14-17-30)39-23-11-8-10-22(31)26(23)32/h7-12,15,21,36H,13-14,16-19,33H2,1-6H3,(H,34,35)/b25-15-. The predicted octanol–water partition coefficient (Wildman–Crippen LogP) is 7.59. The number of pyridine rings is 1. The zero-order valence-electron chi connectivity index (χ0n) is 23.9. The van der Waals surface area contributed by atoms with Gasteiger partial charge in [0.05, 0.1) is 15.5 Å². The zero-order chi connectivity index (χ0) is 28.8. The number of ether oxygens (including phenoxy) is 1. The van der Waals surface area contributed by atoms with Crippen LogP contribution in [0.1, 0.15) is 72.9 Å². The minimum atomic E-state index is -0.645. The second kappa shape index (κ2) is 13.2. The first kappa shape index (κ1) is 31.6. The molecular formula is C30H42Cl2N4O2S. The maximum atomic E-state index is 13.7. The molecule has 0 amide bonds. The average molecular weight is 594 g/mol. The fraction of sp³-hybridized carbons (Fsp3) is 0.533. The summed E-state index contributed by atoms with van der Waals surface area (Å²) in [6, 6.07) is 11.6. The van der Waals surface area contributed by atoms with Crippen molar-refractivity contribution in [1.29, 1.82) is 0 Å². The van der Waals surface area contributed by atoms with Crippen molar-refractivity contribution in [3.63, 3.8) is 0 Å². The van der Waals surface area contributed by atoms with Crippen molar-refractivity contribution in [3.8, 4) is 0 Å². The van der Waals surface area contributed by atoms with E-state index >= 15 is 0 Å². The summed E-state index contributed by atoms with van der Waals surface area (Å²) >= 11 is 14.4. The van der Waals surface area contributed by atoms with Gasteiger partial charge in [-0.15, -0.1) is 11.8 Å². The fourth-order valence-corrected chi connectivity index (χ4v) is 6.33. The van der Waals surface area contributed by atoms with Crippen LogP contribution in [0, 0.1) is 5.41 Å². The van der Waals surface area contributed by atoms with Gasteiger partial charge in [-0.1, -0.05) is 35.3 Å². The Morgan fingerprint density at radius 1 is 1.13 bits per heavy atom. The number of benzene rings is 1. The molecule has 6 nitrogen and oxygen atoms in total. The molecular weight excluding hydrogens is 551 g/mol. The Kier molecular flexibility index (Phi) is 10.7. The van der Waals surface area contributed by atoms with E-state index < -0.39 is 11.0 Å². The summed E-state index contributed by atoms with van der Waals surface area (Å²) in [6.45, 7) is 12.4. The van der Waals surface area contributed by atoms with Gasteiger partial charge in [0.25, 0.3) is 0 Å². The molecule has 0 spiro atoms. The van der Waals surface area contributed by atoms with Crippen molar-refractivity contribution < 1.29 is 9.53 Å². The molecule has 39 heavy (non-hydrogen) atoms. The summed E-state index contributed by atoms with van der Waals surface area (Å²) in [6.07, 6.45) is 5.55. The number of nitrogens with zero attached hydrogens (tertiary/aromatic N) is 1. The topological polar surface area (TPSA) is 89.3 Å². The summed E-state index contributed by atoms with van der Waals surface area (Å²) in [5.74, 6) is 1.34. The van der Waals surface area contributed by atoms with E-state index in [2.05, 4.69) is 31.4 Å². The van der Waals surface area contributed by atoms with Crippen LogP contribution in [-0.4, -0.2) is 33.9 Å². The van der Waals surface area contributed by atoms with Gasteiger partial charge in [0.1, 0.15) is 17.2 Å². The highest BCUT2D eigenvalue weighted by atomic mass is 35.5. The van der Waals surface area contributed by atoms with Gasteiger partial charge in [0.15, 0.2) is 0 Å². The molecule has 1 fully saturated rings. The van der Waals surface area contributed by atoms with E-state index in [1.54, 1.807) is 17.8 Å². The van der Waals surface area contributed by atoms with Crippen LogP contribution in [-0.2, 0) is 16.0 Å². The van der Waals surface area contributed by atoms with E-state index in [1.807, 2.05) is 57.2 Å². The molecule has 1 aromatic carbocycles. The number of anilines is 1. The molecule has 3 rings (SSSR count). The summed E-state index contributed by atoms with van der Waals surface area (Å²) in [5, 5.41) is 8.26. The molecule has 1 aliphatic carbocycles. The molecule has 9 heteroatoms. The van der Waals surface area contributed by atoms with Gasteiger partial charge < -0.3 is 21.1 Å². The maximum Gasteiger partial charge on any atom is 0.312 e. The average Bonchev–Trinajstić information content (AvgIpc) is 2.81. The monoisotopic (exact) mass is 592 g/mol. The van der Waals surface area contributed by atoms with Crippen LogP contribution in [0.15, 0.2) is 53.2 Å². The van der Waals surface area contributed by atoms with Crippen molar-refractivity contribution in [2.45, 2.75) is 94.9 Å². The van der Waals surface area contributed by atoms with Crippen molar-refractivity contribution in [2.75, 3.05) is 11.9 Å². The molecule has 2 aromatic rings. The highest BCUT2D eigenvalue weighted by Crippen LogP contribution is 2.47. The highest BCUT2D eigenvalue weighted by molar-refractivity contribution is 8.00. The first-order chi connectivity index (χ1) is 18.2. The Labute approximate surface area is 247 Å². The summed E-state index contributed by atoms with van der Waals surface area (Å²) in [4.78, 5) is 19.5. The third-order valence-corrected chi connectivity index (χ3v) is 8.68. The number of hydrogen-bond acceptors (Lipinski definition) is 7. The third kappa shape index (κ3) is 9.59. The first-order valence-electron chi connectivity index (χ1n) is 13.5. The molecule has 0 atom stereocenters. The lowest BCUT2D eigenvalue weighted by atomic mass is 9.70. The first-order valence-corrected chi connectivity index (χ1v) is 15.1. The number of carbonyl (C=O) groups is 1. The van der Waals surface area contributed by atoms with Crippen molar-refractivity contribution in [2.24, 2.45) is 11.1 Å². The van der Waals surface area contributed by atoms with Crippen LogP contribution in [0.25, 0.3) is 0 Å². The summed E-state index contributed by atoms with van der Waals surface area (Å²) in [7, 11) is 0. The van der Waals surface area contributed by atoms with E-state index in [9.17, 15) is 4.79 Å². The molecule has 4 N–H and O–H groups in total. The Balaban J connectivity index is 1.80.